The van der Waals surface area contributed by atoms with E-state index in [0.29, 0.717) is 43.2 Å². The van der Waals surface area contributed by atoms with Crippen molar-refractivity contribution >= 4 is 34.2 Å². The number of rotatable bonds is 8. The van der Waals surface area contributed by atoms with Gasteiger partial charge in [0.25, 0.3) is 5.56 Å². The molecule has 0 aliphatic carbocycles. The van der Waals surface area contributed by atoms with Crippen molar-refractivity contribution in [1.29, 1.82) is 0 Å². The van der Waals surface area contributed by atoms with Gasteiger partial charge in [-0.2, -0.15) is 0 Å². The Balaban J connectivity index is 1.53. The van der Waals surface area contributed by atoms with Crippen LogP contribution in [-0.2, 0) is 16.1 Å². The monoisotopic (exact) mass is 608 g/mol. The van der Waals surface area contributed by atoms with Crippen LogP contribution >= 0.6 is 11.3 Å². The van der Waals surface area contributed by atoms with E-state index in [0.717, 1.165) is 10.8 Å². The van der Waals surface area contributed by atoms with Crippen molar-refractivity contribution in [2.24, 2.45) is 4.99 Å². The summed E-state index contributed by atoms with van der Waals surface area (Å²) in [4.78, 5) is 32.9. The smallest absolute Gasteiger partial charge is 0.338 e. The summed E-state index contributed by atoms with van der Waals surface area (Å²) < 4.78 is 33.4. The molecule has 2 heterocycles. The van der Waals surface area contributed by atoms with Gasteiger partial charge in [0, 0.05) is 16.7 Å². The van der Waals surface area contributed by atoms with Crippen LogP contribution in [0.5, 0.6) is 11.5 Å². The molecule has 1 aliphatic rings. The molecular weight excluding hydrogens is 579 g/mol. The van der Waals surface area contributed by atoms with E-state index in [4.69, 9.17) is 19.2 Å². The molecule has 222 valence electrons. The zero-order chi connectivity index (χ0) is 30.8. The summed E-state index contributed by atoms with van der Waals surface area (Å²) in [6.07, 6.45) is 1.74. The van der Waals surface area contributed by atoms with Gasteiger partial charge in [0.2, 0.25) is 0 Å². The number of esters is 1. The number of allylic oxidation sites excluding steroid dienone is 1. The summed E-state index contributed by atoms with van der Waals surface area (Å²) in [6, 6.07) is 24.4. The second-order valence-electron chi connectivity index (χ2n) is 10.1. The lowest BCUT2D eigenvalue weighted by Gasteiger charge is -2.27. The number of halogens is 1. The fourth-order valence-corrected chi connectivity index (χ4v) is 6.48. The Kier molecular flexibility index (Phi) is 8.13. The molecule has 1 aromatic heterocycles. The maximum Gasteiger partial charge on any atom is 0.338 e. The van der Waals surface area contributed by atoms with Crippen LogP contribution in [0.4, 0.5) is 4.39 Å². The highest BCUT2D eigenvalue weighted by Crippen LogP contribution is 2.40. The van der Waals surface area contributed by atoms with Gasteiger partial charge in [-0.15, -0.1) is 0 Å². The summed E-state index contributed by atoms with van der Waals surface area (Å²) in [6.45, 7) is 3.69. The molecule has 0 saturated heterocycles. The molecule has 6 rings (SSSR count). The third kappa shape index (κ3) is 5.31. The van der Waals surface area contributed by atoms with Crippen molar-refractivity contribution in [3.8, 4) is 11.5 Å². The van der Waals surface area contributed by atoms with Gasteiger partial charge in [0.05, 0.1) is 29.5 Å². The molecule has 5 aromatic rings. The lowest BCUT2D eigenvalue weighted by molar-refractivity contribution is -0.139. The highest BCUT2D eigenvalue weighted by Gasteiger charge is 2.36. The second-order valence-corrected chi connectivity index (χ2v) is 11.1. The lowest BCUT2D eigenvalue weighted by atomic mass is 9.90. The normalized spacial score (nSPS) is 14.7. The Labute approximate surface area is 256 Å². The van der Waals surface area contributed by atoms with Gasteiger partial charge in [-0.05, 0) is 48.9 Å². The molecule has 0 amide bonds. The number of benzene rings is 4. The van der Waals surface area contributed by atoms with Gasteiger partial charge in [-0.25, -0.2) is 14.2 Å². The van der Waals surface area contributed by atoms with Gasteiger partial charge in [0.1, 0.15) is 30.0 Å². The first kappa shape index (κ1) is 29.1. The van der Waals surface area contributed by atoms with Gasteiger partial charge in [-0.3, -0.25) is 9.36 Å². The number of para-hydroxylation sites is 1. The number of carbonyl (C=O) groups excluding carboxylic acids is 1. The fourth-order valence-electron chi connectivity index (χ4n) is 5.44. The second kappa shape index (κ2) is 12.3. The summed E-state index contributed by atoms with van der Waals surface area (Å²) in [5, 5.41) is 1.78. The largest absolute Gasteiger partial charge is 0.496 e. The number of nitrogens with zero attached hydrogens (tertiary/aromatic N) is 2. The van der Waals surface area contributed by atoms with E-state index in [1.54, 1.807) is 55.9 Å². The van der Waals surface area contributed by atoms with Crippen LogP contribution in [0, 0.1) is 5.82 Å². The Bertz CT molecular complexity index is 2110. The Morgan fingerprint density at radius 3 is 2.55 bits per heavy atom. The van der Waals surface area contributed by atoms with E-state index in [1.807, 2.05) is 54.6 Å². The zero-order valence-electron chi connectivity index (χ0n) is 24.4. The zero-order valence-corrected chi connectivity index (χ0v) is 25.2. The number of aromatic nitrogens is 1. The topological polar surface area (TPSA) is 79.1 Å². The molecule has 44 heavy (non-hydrogen) atoms. The van der Waals surface area contributed by atoms with Crippen molar-refractivity contribution in [2.45, 2.75) is 26.5 Å². The molecule has 0 radical (unpaired) electrons. The number of hydrogen-bond acceptors (Lipinski definition) is 7. The minimum absolute atomic E-state index is 0.0295. The number of hydrogen-bond donors (Lipinski definition) is 0. The molecule has 1 atom stereocenters. The maximum absolute atomic E-state index is 14.3. The van der Waals surface area contributed by atoms with E-state index in [-0.39, 0.29) is 30.2 Å². The third-order valence-electron chi connectivity index (χ3n) is 7.49. The van der Waals surface area contributed by atoms with Crippen LogP contribution in [-0.4, -0.2) is 24.3 Å². The highest BCUT2D eigenvalue weighted by atomic mass is 32.1. The van der Waals surface area contributed by atoms with Crippen LogP contribution < -0.4 is 24.4 Å². The molecule has 0 fully saturated rings. The van der Waals surface area contributed by atoms with Gasteiger partial charge < -0.3 is 14.2 Å². The maximum atomic E-state index is 14.3. The summed E-state index contributed by atoms with van der Waals surface area (Å²) >= 11 is 1.22. The Morgan fingerprint density at radius 2 is 1.75 bits per heavy atom. The molecule has 0 spiro atoms. The minimum Gasteiger partial charge on any atom is -0.496 e. The Morgan fingerprint density at radius 1 is 1.00 bits per heavy atom. The van der Waals surface area contributed by atoms with Crippen molar-refractivity contribution in [1.82, 2.24) is 4.57 Å². The van der Waals surface area contributed by atoms with Crippen molar-refractivity contribution in [3.63, 3.8) is 0 Å². The third-order valence-corrected chi connectivity index (χ3v) is 8.47. The molecule has 4 aromatic carbocycles. The average molecular weight is 609 g/mol. The van der Waals surface area contributed by atoms with E-state index < -0.39 is 12.0 Å². The summed E-state index contributed by atoms with van der Waals surface area (Å²) in [5.74, 6) is 0.133. The van der Waals surface area contributed by atoms with Crippen LogP contribution in [0.1, 0.15) is 36.6 Å². The number of methoxy groups -OCH3 is 1. The van der Waals surface area contributed by atoms with E-state index in [2.05, 4.69) is 0 Å². The molecule has 0 N–H and O–H groups in total. The predicted octanol–water partition coefficient (Wildman–Crippen LogP) is 5.68. The van der Waals surface area contributed by atoms with Crippen LogP contribution in [0.2, 0.25) is 0 Å². The van der Waals surface area contributed by atoms with Crippen LogP contribution in [0.3, 0.4) is 0 Å². The van der Waals surface area contributed by atoms with E-state index >= 15 is 0 Å². The van der Waals surface area contributed by atoms with E-state index in [9.17, 15) is 14.0 Å². The lowest BCUT2D eigenvalue weighted by Crippen LogP contribution is -2.40. The molecule has 0 unspecified atom stereocenters. The molecule has 7 nitrogen and oxygen atoms in total. The molecule has 0 saturated carbocycles. The molecule has 1 aliphatic heterocycles. The van der Waals surface area contributed by atoms with Gasteiger partial charge >= 0.3 is 5.97 Å². The fraction of sp³-hybridized carbons (Fsp3) is 0.171. The van der Waals surface area contributed by atoms with Crippen molar-refractivity contribution in [3.05, 3.63) is 138 Å². The highest BCUT2D eigenvalue weighted by molar-refractivity contribution is 7.07. The first-order valence-corrected chi connectivity index (χ1v) is 14.9. The van der Waals surface area contributed by atoms with E-state index in [1.165, 1.54) is 17.4 Å². The summed E-state index contributed by atoms with van der Waals surface area (Å²) in [7, 11) is 1.57. The first-order valence-electron chi connectivity index (χ1n) is 14.1. The number of thiazole rings is 1. The number of ether oxygens (including phenoxy) is 3. The SMILES string of the molecule is CCOC(=O)C1=C(C)N=c2s/c(=C/c3ccccc3OCc3ccccc3F)c(=O)n2[C@@H]1c1c(OC)ccc2ccccc12. The Hall–Kier alpha value is -5.02. The molecular formula is C35H29FN2O5S. The number of fused-ring (bicyclic) bond motifs is 2. The summed E-state index contributed by atoms with van der Waals surface area (Å²) in [5.41, 5.74) is 2.15. The quantitative estimate of drug-likeness (QED) is 0.212. The first-order chi connectivity index (χ1) is 21.4. The number of carbonyl (C=O) groups is 1. The molecule has 9 heteroatoms. The standard InChI is InChI=1S/C35H29FN2O5S/c1-4-42-34(40)30-21(2)37-35-38(32(30)31-25-14-8-5-11-22(25)17-18-28(31)41-3)33(39)29(44-35)19-23-12-7-10-16-27(23)43-20-24-13-6-9-15-26(24)36/h5-19,32H,4,20H2,1-3H3/b29-19+/t32-/m0/s1. The van der Waals surface area contributed by atoms with Crippen LogP contribution in [0.15, 0.2) is 106 Å². The molecule has 0 bridgehead atoms. The van der Waals surface area contributed by atoms with Crippen molar-refractivity contribution < 1.29 is 23.4 Å². The van der Waals surface area contributed by atoms with Gasteiger partial charge in [-0.1, -0.05) is 78.1 Å². The predicted molar refractivity (Wildman–Crippen MR) is 168 cm³/mol. The van der Waals surface area contributed by atoms with Crippen LogP contribution in [0.25, 0.3) is 16.8 Å². The van der Waals surface area contributed by atoms with Gasteiger partial charge in [0.15, 0.2) is 4.80 Å². The minimum atomic E-state index is -0.846. The average Bonchev–Trinajstić information content (AvgIpc) is 3.33. The van der Waals surface area contributed by atoms with Crippen molar-refractivity contribution in [2.75, 3.05) is 13.7 Å².